The van der Waals surface area contributed by atoms with Gasteiger partial charge in [-0.3, -0.25) is 0 Å². The Labute approximate surface area is 107 Å². The first kappa shape index (κ1) is 14.5. The van der Waals surface area contributed by atoms with Gasteiger partial charge in [-0.1, -0.05) is 11.2 Å². The molecular weight excluding hydrogens is 254 g/mol. The predicted molar refractivity (Wildman–Crippen MR) is 69.9 cm³/mol. The molecule has 0 heterocycles. The summed E-state index contributed by atoms with van der Waals surface area (Å²) in [5, 5.41) is 3.89. The van der Waals surface area contributed by atoms with E-state index in [4.69, 9.17) is 9.57 Å². The van der Waals surface area contributed by atoms with Crippen molar-refractivity contribution in [1.29, 1.82) is 0 Å². The Morgan fingerprint density at radius 1 is 1.39 bits per heavy atom. The number of ether oxygens (including phenoxy) is 1. The average molecular weight is 271 g/mol. The molecule has 0 aliphatic rings. The molecule has 0 saturated carbocycles. The number of sulfone groups is 1. The van der Waals surface area contributed by atoms with Gasteiger partial charge in [0, 0.05) is 11.8 Å². The van der Waals surface area contributed by atoms with Crippen molar-refractivity contribution in [2.45, 2.75) is 18.7 Å². The number of nitrogens with zero attached hydrogens (tertiary/aromatic N) is 1. The average Bonchev–Trinajstić information content (AvgIpc) is 2.33. The molecule has 1 aromatic carbocycles. The Kier molecular flexibility index (Phi) is 4.72. The van der Waals surface area contributed by atoms with Crippen molar-refractivity contribution in [1.82, 2.24) is 0 Å². The Morgan fingerprint density at radius 2 is 2.06 bits per heavy atom. The lowest BCUT2D eigenvalue weighted by Crippen LogP contribution is -2.03. The SMILES string of the molecule is CCO/N=C(\C)c1ccc(S(C)(=O)=O)c(OC)c1. The van der Waals surface area contributed by atoms with Crippen LogP contribution in [0.2, 0.25) is 0 Å². The summed E-state index contributed by atoms with van der Waals surface area (Å²) in [6.45, 7) is 4.10. The number of hydrogen-bond donors (Lipinski definition) is 0. The van der Waals surface area contributed by atoms with E-state index in [0.717, 1.165) is 11.8 Å². The maximum Gasteiger partial charge on any atom is 0.179 e. The van der Waals surface area contributed by atoms with Gasteiger partial charge in [0.15, 0.2) is 9.84 Å². The first-order chi connectivity index (χ1) is 8.40. The summed E-state index contributed by atoms with van der Waals surface area (Å²) in [5.41, 5.74) is 1.42. The third-order valence-electron chi connectivity index (χ3n) is 2.31. The summed E-state index contributed by atoms with van der Waals surface area (Å²) < 4.78 is 28.2. The van der Waals surface area contributed by atoms with E-state index in [1.165, 1.54) is 13.2 Å². The fraction of sp³-hybridized carbons (Fsp3) is 0.417. The van der Waals surface area contributed by atoms with Crippen molar-refractivity contribution in [3.63, 3.8) is 0 Å². The standard InChI is InChI=1S/C12H17NO4S/c1-5-17-13-9(2)10-6-7-12(18(4,14)15)11(8-10)16-3/h6-8H,5H2,1-4H3/b13-9+. The number of methoxy groups -OCH3 is 1. The van der Waals surface area contributed by atoms with Gasteiger partial charge < -0.3 is 9.57 Å². The summed E-state index contributed by atoms with van der Waals surface area (Å²) >= 11 is 0. The minimum atomic E-state index is -3.30. The zero-order chi connectivity index (χ0) is 13.8. The molecular formula is C12H17NO4S. The summed E-state index contributed by atoms with van der Waals surface area (Å²) in [6.07, 6.45) is 1.14. The van der Waals surface area contributed by atoms with E-state index in [2.05, 4.69) is 5.16 Å². The van der Waals surface area contributed by atoms with Gasteiger partial charge in [-0.15, -0.1) is 0 Å². The third-order valence-corrected chi connectivity index (χ3v) is 3.45. The van der Waals surface area contributed by atoms with Gasteiger partial charge in [0.2, 0.25) is 0 Å². The minimum absolute atomic E-state index is 0.165. The van der Waals surface area contributed by atoms with Crippen molar-refractivity contribution in [2.24, 2.45) is 5.16 Å². The maximum absolute atomic E-state index is 11.5. The van der Waals surface area contributed by atoms with Crippen LogP contribution in [0.15, 0.2) is 28.3 Å². The van der Waals surface area contributed by atoms with E-state index < -0.39 is 9.84 Å². The predicted octanol–water partition coefficient (Wildman–Crippen LogP) is 1.86. The van der Waals surface area contributed by atoms with Crippen LogP contribution in [0.3, 0.4) is 0 Å². The van der Waals surface area contributed by atoms with Gasteiger partial charge >= 0.3 is 0 Å². The molecule has 0 fully saturated rings. The molecule has 0 bridgehead atoms. The molecule has 0 N–H and O–H groups in total. The first-order valence-electron chi connectivity index (χ1n) is 5.45. The van der Waals surface area contributed by atoms with E-state index in [9.17, 15) is 8.42 Å². The molecule has 0 aromatic heterocycles. The van der Waals surface area contributed by atoms with Crippen LogP contribution in [-0.2, 0) is 14.7 Å². The van der Waals surface area contributed by atoms with Crippen molar-refractivity contribution >= 4 is 15.5 Å². The molecule has 100 valence electrons. The summed E-state index contributed by atoms with van der Waals surface area (Å²) in [7, 11) is -1.87. The van der Waals surface area contributed by atoms with Gasteiger partial charge in [-0.2, -0.15) is 0 Å². The highest BCUT2D eigenvalue weighted by Gasteiger charge is 2.15. The molecule has 18 heavy (non-hydrogen) atoms. The lowest BCUT2D eigenvalue weighted by atomic mass is 10.1. The first-order valence-corrected chi connectivity index (χ1v) is 7.34. The third kappa shape index (κ3) is 3.46. The second kappa shape index (κ2) is 5.86. The highest BCUT2D eigenvalue weighted by atomic mass is 32.2. The van der Waals surface area contributed by atoms with Crippen molar-refractivity contribution in [3.8, 4) is 5.75 Å². The topological polar surface area (TPSA) is 65.0 Å². The van der Waals surface area contributed by atoms with Crippen LogP contribution in [0, 0.1) is 0 Å². The summed E-state index contributed by atoms with van der Waals surface area (Å²) in [6, 6.07) is 4.82. The minimum Gasteiger partial charge on any atom is -0.495 e. The molecule has 0 unspecified atom stereocenters. The molecule has 0 amide bonds. The number of oxime groups is 1. The van der Waals surface area contributed by atoms with Gasteiger partial charge in [-0.25, -0.2) is 8.42 Å². The Bertz CT molecular complexity index is 549. The number of hydrogen-bond acceptors (Lipinski definition) is 5. The Hall–Kier alpha value is -1.56. The molecule has 0 radical (unpaired) electrons. The number of benzene rings is 1. The fourth-order valence-electron chi connectivity index (χ4n) is 1.41. The van der Waals surface area contributed by atoms with Crippen molar-refractivity contribution in [3.05, 3.63) is 23.8 Å². The highest BCUT2D eigenvalue weighted by Crippen LogP contribution is 2.25. The van der Waals surface area contributed by atoms with Crippen LogP contribution in [0.1, 0.15) is 19.4 Å². The second-order valence-corrected chi connectivity index (χ2v) is 5.72. The summed E-state index contributed by atoms with van der Waals surface area (Å²) in [4.78, 5) is 5.11. The van der Waals surface area contributed by atoms with Gasteiger partial charge in [0.05, 0.1) is 12.8 Å². The van der Waals surface area contributed by atoms with E-state index >= 15 is 0 Å². The van der Waals surface area contributed by atoms with Crippen molar-refractivity contribution < 1.29 is 18.0 Å². The molecule has 0 aliphatic heterocycles. The molecule has 0 aliphatic carbocycles. The highest BCUT2D eigenvalue weighted by molar-refractivity contribution is 7.90. The van der Waals surface area contributed by atoms with Crippen LogP contribution in [-0.4, -0.2) is 34.1 Å². The van der Waals surface area contributed by atoms with E-state index in [1.807, 2.05) is 6.92 Å². The normalized spacial score (nSPS) is 12.3. The summed E-state index contributed by atoms with van der Waals surface area (Å²) in [5.74, 6) is 0.307. The van der Waals surface area contributed by atoms with Gasteiger partial charge in [0.25, 0.3) is 0 Å². The fourth-order valence-corrected chi connectivity index (χ4v) is 2.24. The molecule has 6 heteroatoms. The van der Waals surface area contributed by atoms with Gasteiger partial charge in [0.1, 0.15) is 17.3 Å². The smallest absolute Gasteiger partial charge is 0.179 e. The molecule has 5 nitrogen and oxygen atoms in total. The maximum atomic E-state index is 11.5. The zero-order valence-electron chi connectivity index (χ0n) is 10.9. The molecule has 1 aromatic rings. The van der Waals surface area contributed by atoms with E-state index in [-0.39, 0.29) is 4.90 Å². The van der Waals surface area contributed by atoms with Crippen LogP contribution >= 0.6 is 0 Å². The molecule has 1 rings (SSSR count). The van der Waals surface area contributed by atoms with Crippen molar-refractivity contribution in [2.75, 3.05) is 20.0 Å². The lowest BCUT2D eigenvalue weighted by molar-refractivity contribution is 0.159. The monoisotopic (exact) mass is 271 g/mol. The Morgan fingerprint density at radius 3 is 2.56 bits per heavy atom. The number of rotatable bonds is 5. The quantitative estimate of drug-likeness (QED) is 0.605. The van der Waals surface area contributed by atoms with Gasteiger partial charge in [-0.05, 0) is 26.0 Å². The lowest BCUT2D eigenvalue weighted by Gasteiger charge is -2.09. The largest absolute Gasteiger partial charge is 0.495 e. The van der Waals surface area contributed by atoms with Crippen LogP contribution in [0.4, 0.5) is 0 Å². The zero-order valence-corrected chi connectivity index (χ0v) is 11.7. The Balaban J connectivity index is 3.22. The second-order valence-electron chi connectivity index (χ2n) is 3.73. The van der Waals surface area contributed by atoms with Crippen LogP contribution in [0.25, 0.3) is 0 Å². The molecule has 0 saturated heterocycles. The van der Waals surface area contributed by atoms with Crippen LogP contribution < -0.4 is 4.74 Å². The van der Waals surface area contributed by atoms with Crippen LogP contribution in [0.5, 0.6) is 5.75 Å². The molecule has 0 spiro atoms. The van der Waals surface area contributed by atoms with E-state index in [0.29, 0.717) is 18.1 Å². The molecule has 0 atom stereocenters. The van der Waals surface area contributed by atoms with E-state index in [1.54, 1.807) is 19.1 Å².